The lowest BCUT2D eigenvalue weighted by Gasteiger charge is -2.18. The molecule has 0 saturated carbocycles. The SMILES string of the molecule is CCc1cc(CC(O)C2Cc3ccccc3O2)n(C)n1. The fourth-order valence-corrected chi connectivity index (χ4v) is 2.70. The molecule has 0 fully saturated rings. The van der Waals surface area contributed by atoms with E-state index in [9.17, 15) is 5.11 Å². The van der Waals surface area contributed by atoms with Crippen LogP contribution in [0.5, 0.6) is 5.75 Å². The smallest absolute Gasteiger partial charge is 0.129 e. The number of nitrogens with zero attached hydrogens (tertiary/aromatic N) is 2. The monoisotopic (exact) mass is 272 g/mol. The molecule has 0 spiro atoms. The van der Waals surface area contributed by atoms with E-state index in [0.29, 0.717) is 6.42 Å². The quantitative estimate of drug-likeness (QED) is 0.924. The molecule has 1 aromatic heterocycles. The zero-order valence-corrected chi connectivity index (χ0v) is 11.9. The number of aliphatic hydroxyl groups excluding tert-OH is 1. The molecule has 1 aromatic carbocycles. The van der Waals surface area contributed by atoms with Gasteiger partial charge in [0, 0.05) is 25.6 Å². The normalized spacial score (nSPS) is 18.6. The third kappa shape index (κ3) is 2.43. The van der Waals surface area contributed by atoms with Crippen LogP contribution in [-0.4, -0.2) is 27.1 Å². The van der Waals surface area contributed by atoms with E-state index < -0.39 is 6.10 Å². The van der Waals surface area contributed by atoms with E-state index in [-0.39, 0.29) is 6.10 Å². The molecule has 3 rings (SSSR count). The topological polar surface area (TPSA) is 47.3 Å². The van der Waals surface area contributed by atoms with Crippen molar-refractivity contribution >= 4 is 0 Å². The van der Waals surface area contributed by atoms with Crippen LogP contribution in [0.25, 0.3) is 0 Å². The number of hydrogen-bond donors (Lipinski definition) is 1. The molecule has 0 amide bonds. The van der Waals surface area contributed by atoms with Gasteiger partial charge < -0.3 is 9.84 Å². The fraction of sp³-hybridized carbons (Fsp3) is 0.438. The zero-order chi connectivity index (χ0) is 14.1. The number of hydrogen-bond acceptors (Lipinski definition) is 3. The van der Waals surface area contributed by atoms with Gasteiger partial charge in [-0.25, -0.2) is 0 Å². The molecule has 0 saturated heterocycles. The average molecular weight is 272 g/mol. The van der Waals surface area contributed by atoms with Gasteiger partial charge in [-0.1, -0.05) is 25.1 Å². The third-order valence-electron chi connectivity index (χ3n) is 3.91. The Morgan fingerprint density at radius 2 is 2.25 bits per heavy atom. The van der Waals surface area contributed by atoms with E-state index in [1.165, 1.54) is 5.56 Å². The van der Waals surface area contributed by atoms with Crippen LogP contribution >= 0.6 is 0 Å². The second-order valence-electron chi connectivity index (χ2n) is 5.34. The number of benzene rings is 1. The molecule has 1 aliphatic heterocycles. The largest absolute Gasteiger partial charge is 0.487 e. The van der Waals surface area contributed by atoms with Crippen molar-refractivity contribution < 1.29 is 9.84 Å². The first-order chi connectivity index (χ1) is 9.67. The van der Waals surface area contributed by atoms with Crippen molar-refractivity contribution in [1.29, 1.82) is 0 Å². The standard InChI is InChI=1S/C16H20N2O2/c1-3-12-9-13(18(2)17-12)10-14(19)16-8-11-6-4-5-7-15(11)20-16/h4-7,9,14,16,19H,3,8,10H2,1-2H3. The Balaban J connectivity index is 1.69. The number of aryl methyl sites for hydroxylation is 2. The van der Waals surface area contributed by atoms with Crippen LogP contribution in [0.15, 0.2) is 30.3 Å². The van der Waals surface area contributed by atoms with E-state index in [1.54, 1.807) is 0 Å². The van der Waals surface area contributed by atoms with Crippen molar-refractivity contribution in [2.45, 2.75) is 38.4 Å². The number of aromatic nitrogens is 2. The van der Waals surface area contributed by atoms with Crippen LogP contribution in [0.1, 0.15) is 23.9 Å². The molecule has 1 aliphatic rings. The fourth-order valence-electron chi connectivity index (χ4n) is 2.70. The number of rotatable bonds is 4. The summed E-state index contributed by atoms with van der Waals surface area (Å²) in [5.41, 5.74) is 3.29. The van der Waals surface area contributed by atoms with Crippen LogP contribution in [-0.2, 0) is 26.3 Å². The van der Waals surface area contributed by atoms with Crippen molar-refractivity contribution in [2.24, 2.45) is 7.05 Å². The van der Waals surface area contributed by atoms with Gasteiger partial charge in [-0.3, -0.25) is 4.68 Å². The summed E-state index contributed by atoms with van der Waals surface area (Å²) in [6, 6.07) is 10.0. The molecule has 106 valence electrons. The summed E-state index contributed by atoms with van der Waals surface area (Å²) < 4.78 is 7.69. The molecule has 0 bridgehead atoms. The van der Waals surface area contributed by atoms with Crippen molar-refractivity contribution in [3.05, 3.63) is 47.3 Å². The van der Waals surface area contributed by atoms with Gasteiger partial charge in [0.1, 0.15) is 11.9 Å². The van der Waals surface area contributed by atoms with E-state index in [4.69, 9.17) is 4.74 Å². The minimum atomic E-state index is -0.512. The summed E-state index contributed by atoms with van der Waals surface area (Å²) in [6.45, 7) is 2.08. The molecule has 0 radical (unpaired) electrons. The maximum atomic E-state index is 10.4. The van der Waals surface area contributed by atoms with Crippen molar-refractivity contribution in [3.63, 3.8) is 0 Å². The number of para-hydroxylation sites is 1. The number of ether oxygens (including phenoxy) is 1. The van der Waals surface area contributed by atoms with E-state index in [2.05, 4.69) is 24.2 Å². The molecule has 4 nitrogen and oxygen atoms in total. The molecule has 2 unspecified atom stereocenters. The Kier molecular flexibility index (Phi) is 3.49. The average Bonchev–Trinajstić information content (AvgIpc) is 3.02. The van der Waals surface area contributed by atoms with Gasteiger partial charge >= 0.3 is 0 Å². The van der Waals surface area contributed by atoms with Gasteiger partial charge in [0.15, 0.2) is 0 Å². The molecule has 20 heavy (non-hydrogen) atoms. The highest BCUT2D eigenvalue weighted by Gasteiger charge is 2.29. The highest BCUT2D eigenvalue weighted by molar-refractivity contribution is 5.37. The Hall–Kier alpha value is -1.81. The molecule has 2 atom stereocenters. The zero-order valence-electron chi connectivity index (χ0n) is 11.9. The first-order valence-corrected chi connectivity index (χ1v) is 7.11. The lowest BCUT2D eigenvalue weighted by atomic mass is 10.0. The summed E-state index contributed by atoms with van der Waals surface area (Å²) in [4.78, 5) is 0. The summed E-state index contributed by atoms with van der Waals surface area (Å²) in [5.74, 6) is 0.899. The second-order valence-corrected chi connectivity index (χ2v) is 5.34. The second kappa shape index (κ2) is 5.29. The van der Waals surface area contributed by atoms with Crippen molar-refractivity contribution in [1.82, 2.24) is 9.78 Å². The van der Waals surface area contributed by atoms with E-state index >= 15 is 0 Å². The van der Waals surface area contributed by atoms with Gasteiger partial charge in [0.05, 0.1) is 11.8 Å². The van der Waals surface area contributed by atoms with Crippen molar-refractivity contribution in [2.75, 3.05) is 0 Å². The van der Waals surface area contributed by atoms with Crippen LogP contribution in [0.2, 0.25) is 0 Å². The Bertz CT molecular complexity index is 581. The van der Waals surface area contributed by atoms with Gasteiger partial charge in [0.25, 0.3) is 0 Å². The molecule has 4 heteroatoms. The molecule has 1 N–H and O–H groups in total. The Morgan fingerprint density at radius 3 is 2.95 bits per heavy atom. The highest BCUT2D eigenvalue weighted by atomic mass is 16.5. The predicted octanol–water partition coefficient (Wildman–Crippen LogP) is 1.89. The lowest BCUT2D eigenvalue weighted by Crippen LogP contribution is -2.32. The van der Waals surface area contributed by atoms with Gasteiger partial charge in [-0.2, -0.15) is 5.10 Å². The summed E-state index contributed by atoms with van der Waals surface area (Å²) in [5, 5.41) is 14.8. The van der Waals surface area contributed by atoms with Gasteiger partial charge in [-0.05, 0) is 24.1 Å². The van der Waals surface area contributed by atoms with Crippen molar-refractivity contribution in [3.8, 4) is 5.75 Å². The summed E-state index contributed by atoms with van der Waals surface area (Å²) in [6.07, 6.45) is 1.59. The van der Waals surface area contributed by atoms with Gasteiger partial charge in [-0.15, -0.1) is 0 Å². The molecule has 2 aromatic rings. The molecule has 2 heterocycles. The molecule has 0 aliphatic carbocycles. The number of aliphatic hydroxyl groups is 1. The molecular weight excluding hydrogens is 252 g/mol. The Labute approximate surface area is 119 Å². The first kappa shape index (κ1) is 13.2. The minimum absolute atomic E-state index is 0.160. The molecular formula is C16H20N2O2. The third-order valence-corrected chi connectivity index (χ3v) is 3.91. The Morgan fingerprint density at radius 1 is 1.45 bits per heavy atom. The summed E-state index contributed by atoms with van der Waals surface area (Å²) in [7, 11) is 1.92. The van der Waals surface area contributed by atoms with Crippen LogP contribution in [0, 0.1) is 0 Å². The first-order valence-electron chi connectivity index (χ1n) is 7.11. The summed E-state index contributed by atoms with van der Waals surface area (Å²) >= 11 is 0. The lowest BCUT2D eigenvalue weighted by molar-refractivity contribution is 0.0490. The predicted molar refractivity (Wildman–Crippen MR) is 76.9 cm³/mol. The van der Waals surface area contributed by atoms with Crippen LogP contribution in [0.3, 0.4) is 0 Å². The van der Waals surface area contributed by atoms with Crippen LogP contribution < -0.4 is 4.74 Å². The number of fused-ring (bicyclic) bond motifs is 1. The van der Waals surface area contributed by atoms with Gasteiger partial charge in [0.2, 0.25) is 0 Å². The highest BCUT2D eigenvalue weighted by Crippen LogP contribution is 2.30. The minimum Gasteiger partial charge on any atom is -0.487 e. The maximum Gasteiger partial charge on any atom is 0.129 e. The van der Waals surface area contributed by atoms with Crippen LogP contribution in [0.4, 0.5) is 0 Å². The van der Waals surface area contributed by atoms with E-state index in [1.807, 2.05) is 29.9 Å². The van der Waals surface area contributed by atoms with E-state index in [0.717, 1.165) is 30.0 Å². The maximum absolute atomic E-state index is 10.4.